The highest BCUT2D eigenvalue weighted by atomic mass is 15.2. The number of rotatable bonds is 3. The smallest absolute Gasteiger partial charge is 0.0731 e. The molecule has 0 aliphatic heterocycles. The molecular weight excluding hydrogens is 248 g/mol. The van der Waals surface area contributed by atoms with Gasteiger partial charge < -0.3 is 0 Å². The van der Waals surface area contributed by atoms with Gasteiger partial charge in [0.15, 0.2) is 0 Å². The fourth-order valence-corrected chi connectivity index (χ4v) is 2.48. The zero-order chi connectivity index (χ0) is 13.9. The number of nitrogens with one attached hydrogen (secondary N) is 1. The van der Waals surface area contributed by atoms with E-state index in [4.69, 9.17) is 5.84 Å². The van der Waals surface area contributed by atoms with Crippen molar-refractivity contribution in [1.29, 1.82) is 0 Å². The van der Waals surface area contributed by atoms with Crippen molar-refractivity contribution in [3.8, 4) is 0 Å². The van der Waals surface area contributed by atoms with Crippen LogP contribution in [-0.2, 0) is 0 Å². The summed E-state index contributed by atoms with van der Waals surface area (Å²) in [5, 5.41) is 1.10. The van der Waals surface area contributed by atoms with Crippen LogP contribution in [0.3, 0.4) is 0 Å². The molecule has 4 nitrogen and oxygen atoms in total. The highest BCUT2D eigenvalue weighted by molar-refractivity contribution is 5.82. The van der Waals surface area contributed by atoms with Gasteiger partial charge in [-0.25, -0.2) is 5.43 Å². The molecule has 1 aromatic carbocycles. The van der Waals surface area contributed by atoms with Gasteiger partial charge in [-0.1, -0.05) is 24.3 Å². The maximum absolute atomic E-state index is 5.78. The standard InChI is InChI=1S/C16H16N4/c1-11-8-12(10-18-9-11)16(20-17)14-4-2-6-15-13(14)5-3-7-19-15/h2-10,16,20H,17H2,1H3. The summed E-state index contributed by atoms with van der Waals surface area (Å²) >= 11 is 0. The highest BCUT2D eigenvalue weighted by Crippen LogP contribution is 2.27. The van der Waals surface area contributed by atoms with Gasteiger partial charge in [0.2, 0.25) is 0 Å². The van der Waals surface area contributed by atoms with Crippen molar-refractivity contribution in [3.63, 3.8) is 0 Å². The number of fused-ring (bicyclic) bond motifs is 1. The Kier molecular flexibility index (Phi) is 3.41. The van der Waals surface area contributed by atoms with Crippen LogP contribution in [0.4, 0.5) is 0 Å². The Bertz CT molecular complexity index is 734. The maximum Gasteiger partial charge on any atom is 0.0731 e. The van der Waals surface area contributed by atoms with Gasteiger partial charge in [-0.05, 0) is 35.7 Å². The van der Waals surface area contributed by atoms with Crippen molar-refractivity contribution in [2.45, 2.75) is 13.0 Å². The number of aryl methyl sites for hydroxylation is 1. The van der Waals surface area contributed by atoms with E-state index in [0.29, 0.717) is 0 Å². The molecule has 0 aliphatic carbocycles. The molecular formula is C16H16N4. The van der Waals surface area contributed by atoms with Crippen molar-refractivity contribution in [3.05, 3.63) is 71.7 Å². The third-order valence-corrected chi connectivity index (χ3v) is 3.39. The quantitative estimate of drug-likeness (QED) is 0.563. The van der Waals surface area contributed by atoms with E-state index in [-0.39, 0.29) is 6.04 Å². The second kappa shape index (κ2) is 5.36. The lowest BCUT2D eigenvalue weighted by Gasteiger charge is -2.18. The van der Waals surface area contributed by atoms with Crippen molar-refractivity contribution < 1.29 is 0 Å². The zero-order valence-corrected chi connectivity index (χ0v) is 11.2. The van der Waals surface area contributed by atoms with Crippen LogP contribution in [0.5, 0.6) is 0 Å². The lowest BCUT2D eigenvalue weighted by atomic mass is 9.96. The molecule has 3 N–H and O–H groups in total. The van der Waals surface area contributed by atoms with Crippen LogP contribution in [0, 0.1) is 6.92 Å². The molecule has 0 bridgehead atoms. The Hall–Kier alpha value is -2.30. The number of hydrazine groups is 1. The van der Waals surface area contributed by atoms with E-state index in [9.17, 15) is 0 Å². The molecule has 1 unspecified atom stereocenters. The summed E-state index contributed by atoms with van der Waals surface area (Å²) in [4.78, 5) is 8.63. The van der Waals surface area contributed by atoms with Crippen LogP contribution in [-0.4, -0.2) is 9.97 Å². The summed E-state index contributed by atoms with van der Waals surface area (Å²) in [6, 6.07) is 12.1. The average molecular weight is 264 g/mol. The zero-order valence-electron chi connectivity index (χ0n) is 11.2. The van der Waals surface area contributed by atoms with Crippen molar-refractivity contribution in [1.82, 2.24) is 15.4 Å². The van der Waals surface area contributed by atoms with Crippen LogP contribution in [0.25, 0.3) is 10.9 Å². The predicted molar refractivity (Wildman–Crippen MR) is 79.9 cm³/mol. The fourth-order valence-electron chi connectivity index (χ4n) is 2.48. The predicted octanol–water partition coefficient (Wildman–Crippen LogP) is 2.49. The minimum atomic E-state index is -0.102. The monoisotopic (exact) mass is 264 g/mol. The lowest BCUT2D eigenvalue weighted by molar-refractivity contribution is 0.638. The molecule has 4 heteroatoms. The van der Waals surface area contributed by atoms with Crippen LogP contribution < -0.4 is 11.3 Å². The third kappa shape index (κ3) is 2.27. The number of nitrogens with zero attached hydrogens (tertiary/aromatic N) is 2. The molecule has 0 fully saturated rings. The van der Waals surface area contributed by atoms with Gasteiger partial charge in [0.05, 0.1) is 11.6 Å². The van der Waals surface area contributed by atoms with E-state index < -0.39 is 0 Å². The van der Waals surface area contributed by atoms with Gasteiger partial charge in [0, 0.05) is 24.0 Å². The maximum atomic E-state index is 5.78. The first kappa shape index (κ1) is 12.7. The van der Waals surface area contributed by atoms with Crippen LogP contribution in [0.15, 0.2) is 55.0 Å². The van der Waals surface area contributed by atoms with Gasteiger partial charge >= 0.3 is 0 Å². The summed E-state index contributed by atoms with van der Waals surface area (Å²) in [6.45, 7) is 2.02. The topological polar surface area (TPSA) is 63.8 Å². The average Bonchev–Trinajstić information content (AvgIpc) is 2.48. The molecule has 0 amide bonds. The summed E-state index contributed by atoms with van der Waals surface area (Å²) in [5.74, 6) is 5.78. The first-order valence-corrected chi connectivity index (χ1v) is 6.51. The Morgan fingerprint density at radius 1 is 1.15 bits per heavy atom. The number of aromatic nitrogens is 2. The van der Waals surface area contributed by atoms with E-state index in [1.807, 2.05) is 37.5 Å². The van der Waals surface area contributed by atoms with Crippen LogP contribution >= 0.6 is 0 Å². The number of pyridine rings is 2. The largest absolute Gasteiger partial charge is 0.271 e. The molecule has 0 saturated heterocycles. The van der Waals surface area contributed by atoms with E-state index in [0.717, 1.165) is 27.6 Å². The fraction of sp³-hybridized carbons (Fsp3) is 0.125. The summed E-state index contributed by atoms with van der Waals surface area (Å²) in [5.41, 5.74) is 7.11. The Labute approximate surface area is 117 Å². The lowest BCUT2D eigenvalue weighted by Crippen LogP contribution is -2.29. The molecule has 3 aromatic rings. The van der Waals surface area contributed by atoms with Crippen LogP contribution in [0.1, 0.15) is 22.7 Å². The first-order valence-electron chi connectivity index (χ1n) is 6.51. The second-order valence-corrected chi connectivity index (χ2v) is 4.81. The molecule has 0 aliphatic rings. The Morgan fingerprint density at radius 2 is 2.05 bits per heavy atom. The van der Waals surface area contributed by atoms with Gasteiger partial charge in [-0.2, -0.15) is 0 Å². The van der Waals surface area contributed by atoms with Crippen molar-refractivity contribution >= 4 is 10.9 Å². The van der Waals surface area contributed by atoms with Crippen molar-refractivity contribution in [2.75, 3.05) is 0 Å². The van der Waals surface area contributed by atoms with Gasteiger partial charge in [-0.3, -0.25) is 15.8 Å². The number of hydrogen-bond donors (Lipinski definition) is 2. The van der Waals surface area contributed by atoms with Gasteiger partial charge in [0.25, 0.3) is 0 Å². The molecule has 2 aromatic heterocycles. The van der Waals surface area contributed by atoms with Crippen molar-refractivity contribution in [2.24, 2.45) is 5.84 Å². The third-order valence-electron chi connectivity index (χ3n) is 3.39. The van der Waals surface area contributed by atoms with E-state index in [1.165, 1.54) is 0 Å². The number of hydrogen-bond acceptors (Lipinski definition) is 4. The number of benzene rings is 1. The molecule has 2 heterocycles. The molecule has 100 valence electrons. The highest BCUT2D eigenvalue weighted by Gasteiger charge is 2.15. The molecule has 3 rings (SSSR count). The second-order valence-electron chi connectivity index (χ2n) is 4.81. The molecule has 0 spiro atoms. The summed E-state index contributed by atoms with van der Waals surface area (Å²) in [6.07, 6.45) is 5.47. The Morgan fingerprint density at radius 3 is 2.85 bits per heavy atom. The van der Waals surface area contributed by atoms with E-state index >= 15 is 0 Å². The van der Waals surface area contributed by atoms with E-state index in [1.54, 1.807) is 6.20 Å². The summed E-state index contributed by atoms with van der Waals surface area (Å²) in [7, 11) is 0. The van der Waals surface area contributed by atoms with E-state index in [2.05, 4.69) is 33.6 Å². The molecule has 0 saturated carbocycles. The van der Waals surface area contributed by atoms with Gasteiger partial charge in [-0.15, -0.1) is 0 Å². The van der Waals surface area contributed by atoms with Crippen LogP contribution in [0.2, 0.25) is 0 Å². The normalized spacial score (nSPS) is 12.5. The SMILES string of the molecule is Cc1cncc(C(NN)c2cccc3ncccc23)c1. The Balaban J connectivity index is 2.17. The number of nitrogens with two attached hydrogens (primary N) is 1. The minimum absolute atomic E-state index is 0.102. The molecule has 20 heavy (non-hydrogen) atoms. The molecule has 1 atom stereocenters. The minimum Gasteiger partial charge on any atom is -0.271 e. The molecule has 0 radical (unpaired) electrons. The van der Waals surface area contributed by atoms with Gasteiger partial charge in [0.1, 0.15) is 0 Å². The summed E-state index contributed by atoms with van der Waals surface area (Å²) < 4.78 is 0. The first-order chi connectivity index (χ1) is 9.79.